The standard InChI is InChI=1S/C29H35N3O11/c1-13(33)18-23(36)21(32(3)4)16-11-28(26(39)42-8-5-9-43-27(30)40)10-15-14(12-31-2)6-7-17(34)19(15)22(35)20(28)25(38)29(16,41)24(18)37/h6-7,16,21,31,34,36,38,41H,5,8-12H2,1-4H3,(H2,30,40)/t16-,21-,28+,29+/m0/s1. The van der Waals surface area contributed by atoms with E-state index in [9.17, 15) is 44.4 Å². The summed E-state index contributed by atoms with van der Waals surface area (Å²) in [5.74, 6) is -7.85. The maximum absolute atomic E-state index is 14.2. The summed E-state index contributed by atoms with van der Waals surface area (Å²) in [4.78, 5) is 66.7. The molecule has 0 fully saturated rings. The van der Waals surface area contributed by atoms with Crippen LogP contribution < -0.4 is 11.1 Å². The molecule has 0 saturated carbocycles. The SMILES string of the molecule is CNCc1ccc(O)c2c1C[C@@]1(C(=O)OCCCOC(N)=O)C[C@H]3[C@H](N(C)C)C(O)=C(C(C)=O)C(=O)[C@@]3(O)C(O)=C1C2=O. The number of phenols is 1. The molecule has 0 bridgehead atoms. The van der Waals surface area contributed by atoms with Crippen LogP contribution in [0, 0.1) is 11.3 Å². The fraction of sp³-hybridized carbons (Fsp3) is 0.483. The van der Waals surface area contributed by atoms with Crippen LogP contribution in [0.5, 0.6) is 5.75 Å². The molecule has 1 aromatic carbocycles. The number of carbonyl (C=O) groups is 5. The van der Waals surface area contributed by atoms with E-state index in [2.05, 4.69) is 10.1 Å². The quantitative estimate of drug-likeness (QED) is 0.128. The van der Waals surface area contributed by atoms with Gasteiger partial charge in [0.05, 0.1) is 30.4 Å². The number of amides is 1. The molecule has 43 heavy (non-hydrogen) atoms. The van der Waals surface area contributed by atoms with Gasteiger partial charge < -0.3 is 41.0 Å². The number of ketones is 3. The van der Waals surface area contributed by atoms with Crippen LogP contribution in [0.15, 0.2) is 34.8 Å². The van der Waals surface area contributed by atoms with Crippen molar-refractivity contribution in [2.45, 2.75) is 44.4 Å². The minimum absolute atomic E-state index is 0.0454. The zero-order valence-electron chi connectivity index (χ0n) is 24.2. The zero-order chi connectivity index (χ0) is 32.0. The second-order valence-corrected chi connectivity index (χ2v) is 11.2. The fourth-order valence-corrected chi connectivity index (χ4v) is 6.62. The van der Waals surface area contributed by atoms with Gasteiger partial charge in [-0.25, -0.2) is 4.79 Å². The van der Waals surface area contributed by atoms with E-state index in [-0.39, 0.29) is 38.2 Å². The molecule has 0 heterocycles. The molecule has 4 rings (SSSR count). The predicted molar refractivity (Wildman–Crippen MR) is 148 cm³/mol. The number of likely N-dealkylation sites (N-methyl/N-ethyl adjacent to an activating group) is 1. The van der Waals surface area contributed by atoms with E-state index in [0.29, 0.717) is 11.1 Å². The summed E-state index contributed by atoms with van der Waals surface area (Å²) in [7, 11) is 4.69. The number of nitrogens with two attached hydrogens (primary N) is 1. The first-order valence-corrected chi connectivity index (χ1v) is 13.6. The Balaban J connectivity index is 1.97. The first-order chi connectivity index (χ1) is 20.1. The third kappa shape index (κ3) is 4.84. The van der Waals surface area contributed by atoms with Gasteiger partial charge in [-0.1, -0.05) is 6.07 Å². The molecule has 1 amide bonds. The second-order valence-electron chi connectivity index (χ2n) is 11.2. The lowest BCUT2D eigenvalue weighted by atomic mass is 9.52. The molecule has 0 spiro atoms. The number of esters is 1. The Bertz CT molecular complexity index is 1480. The molecule has 0 aliphatic heterocycles. The minimum Gasteiger partial charge on any atom is -0.510 e. The van der Waals surface area contributed by atoms with Gasteiger partial charge in [0.2, 0.25) is 5.78 Å². The third-order valence-corrected chi connectivity index (χ3v) is 8.43. The Morgan fingerprint density at radius 1 is 1.12 bits per heavy atom. The molecule has 3 aliphatic rings. The van der Waals surface area contributed by atoms with E-state index in [0.717, 1.165) is 6.92 Å². The highest BCUT2D eigenvalue weighted by atomic mass is 16.6. The van der Waals surface area contributed by atoms with Crippen molar-refractivity contribution in [3.8, 4) is 5.75 Å². The molecule has 0 unspecified atom stereocenters. The lowest BCUT2D eigenvalue weighted by Gasteiger charge is -2.53. The minimum atomic E-state index is -2.87. The number of Topliss-reactive ketones (excluding diaryl/α,β-unsaturated/α-hetero) is 3. The van der Waals surface area contributed by atoms with Gasteiger partial charge in [0.1, 0.15) is 28.3 Å². The zero-order valence-corrected chi connectivity index (χ0v) is 24.2. The van der Waals surface area contributed by atoms with Crippen molar-refractivity contribution in [3.63, 3.8) is 0 Å². The molecule has 232 valence electrons. The number of hydrogen-bond donors (Lipinski definition) is 6. The van der Waals surface area contributed by atoms with Gasteiger partial charge in [0.15, 0.2) is 17.2 Å². The number of aliphatic hydroxyl groups excluding tert-OH is 2. The van der Waals surface area contributed by atoms with Crippen LogP contribution in [0.25, 0.3) is 0 Å². The molecular formula is C29H35N3O11. The van der Waals surface area contributed by atoms with E-state index in [1.54, 1.807) is 13.1 Å². The number of primary amides is 1. The molecule has 0 aromatic heterocycles. The predicted octanol–water partition coefficient (Wildman–Crippen LogP) is 0.343. The number of rotatable bonds is 9. The molecule has 1 aromatic rings. The highest BCUT2D eigenvalue weighted by Crippen LogP contribution is 2.58. The number of aliphatic hydroxyl groups is 3. The van der Waals surface area contributed by atoms with Crippen LogP contribution in [0.4, 0.5) is 4.79 Å². The average molecular weight is 602 g/mol. The van der Waals surface area contributed by atoms with Gasteiger partial charge >= 0.3 is 12.1 Å². The monoisotopic (exact) mass is 601 g/mol. The van der Waals surface area contributed by atoms with Gasteiger partial charge in [0.25, 0.3) is 0 Å². The summed E-state index contributed by atoms with van der Waals surface area (Å²) in [5.41, 5.74) is -0.647. The first-order valence-electron chi connectivity index (χ1n) is 13.6. The molecule has 0 saturated heterocycles. The number of nitrogens with one attached hydrogen (secondary N) is 1. The van der Waals surface area contributed by atoms with Gasteiger partial charge in [-0.3, -0.25) is 24.1 Å². The molecule has 0 radical (unpaired) electrons. The number of nitrogens with zero attached hydrogens (tertiary/aromatic N) is 1. The number of ether oxygens (including phenoxy) is 2. The van der Waals surface area contributed by atoms with E-state index in [4.69, 9.17) is 10.5 Å². The summed E-state index contributed by atoms with van der Waals surface area (Å²) in [6.45, 7) is 0.808. The Morgan fingerprint density at radius 3 is 2.35 bits per heavy atom. The summed E-state index contributed by atoms with van der Waals surface area (Å²) >= 11 is 0. The van der Waals surface area contributed by atoms with E-state index < -0.39 is 87.2 Å². The molecule has 7 N–H and O–H groups in total. The number of benzene rings is 1. The van der Waals surface area contributed by atoms with Crippen molar-refractivity contribution >= 4 is 29.4 Å². The Hall–Kier alpha value is -4.27. The van der Waals surface area contributed by atoms with Crippen molar-refractivity contribution in [3.05, 3.63) is 51.5 Å². The van der Waals surface area contributed by atoms with Crippen molar-refractivity contribution in [1.29, 1.82) is 0 Å². The van der Waals surface area contributed by atoms with E-state index >= 15 is 0 Å². The third-order valence-electron chi connectivity index (χ3n) is 8.43. The molecule has 14 heteroatoms. The normalized spacial score (nSPS) is 26.6. The highest BCUT2D eigenvalue weighted by molar-refractivity contribution is 6.25. The number of phenolic OH excluding ortho intramolecular Hbond substituents is 1. The van der Waals surface area contributed by atoms with Crippen LogP contribution in [0.1, 0.15) is 41.3 Å². The lowest BCUT2D eigenvalue weighted by molar-refractivity contribution is -0.165. The second kappa shape index (κ2) is 11.4. The lowest BCUT2D eigenvalue weighted by Crippen LogP contribution is -2.66. The van der Waals surface area contributed by atoms with Gasteiger partial charge in [-0.15, -0.1) is 0 Å². The number of aromatic hydroxyl groups is 1. The Labute approximate surface area is 246 Å². The molecular weight excluding hydrogens is 566 g/mol. The van der Waals surface area contributed by atoms with E-state index in [1.165, 1.54) is 25.1 Å². The van der Waals surface area contributed by atoms with Gasteiger partial charge in [-0.2, -0.15) is 0 Å². The first kappa shape index (κ1) is 31.7. The number of carbonyl (C=O) groups excluding carboxylic acids is 5. The van der Waals surface area contributed by atoms with Crippen LogP contribution in [-0.2, 0) is 36.8 Å². The van der Waals surface area contributed by atoms with Crippen LogP contribution in [0.2, 0.25) is 0 Å². The summed E-state index contributed by atoms with van der Waals surface area (Å²) in [6.07, 6.45) is -1.72. The highest BCUT2D eigenvalue weighted by Gasteiger charge is 2.68. The number of fused-ring (bicyclic) bond motifs is 3. The van der Waals surface area contributed by atoms with Gasteiger partial charge in [-0.05, 0) is 58.1 Å². The van der Waals surface area contributed by atoms with E-state index in [1.807, 2.05) is 0 Å². The van der Waals surface area contributed by atoms with Crippen LogP contribution >= 0.6 is 0 Å². The van der Waals surface area contributed by atoms with Crippen molar-refractivity contribution in [2.75, 3.05) is 34.4 Å². The maximum Gasteiger partial charge on any atom is 0.404 e. The maximum atomic E-state index is 14.2. The van der Waals surface area contributed by atoms with Crippen molar-refractivity contribution in [2.24, 2.45) is 17.1 Å². The Kier molecular flexibility index (Phi) is 8.42. The summed E-state index contributed by atoms with van der Waals surface area (Å²) in [6, 6.07) is 1.62. The van der Waals surface area contributed by atoms with Crippen LogP contribution in [0.3, 0.4) is 0 Å². The largest absolute Gasteiger partial charge is 0.510 e. The topological polar surface area (TPSA) is 226 Å². The summed E-state index contributed by atoms with van der Waals surface area (Å²) < 4.78 is 10.2. The smallest absolute Gasteiger partial charge is 0.404 e. The molecule has 3 aliphatic carbocycles. The average Bonchev–Trinajstić information content (AvgIpc) is 2.91. The fourth-order valence-electron chi connectivity index (χ4n) is 6.62. The Morgan fingerprint density at radius 2 is 1.77 bits per heavy atom. The van der Waals surface area contributed by atoms with Gasteiger partial charge in [0, 0.05) is 18.9 Å². The molecule has 4 atom stereocenters. The van der Waals surface area contributed by atoms with Crippen molar-refractivity contribution < 1.29 is 53.9 Å². The van der Waals surface area contributed by atoms with Crippen molar-refractivity contribution in [1.82, 2.24) is 10.2 Å². The number of hydrogen-bond acceptors (Lipinski definition) is 13. The summed E-state index contributed by atoms with van der Waals surface area (Å²) in [5, 5.41) is 48.5. The van der Waals surface area contributed by atoms with Crippen LogP contribution in [-0.4, -0.2) is 101 Å². The molecule has 14 nitrogen and oxygen atoms in total.